The minimum atomic E-state index is -1.03. The summed E-state index contributed by atoms with van der Waals surface area (Å²) in [6, 6.07) is 22.8. The van der Waals surface area contributed by atoms with Crippen LogP contribution in [0.5, 0.6) is 5.75 Å². The van der Waals surface area contributed by atoms with Gasteiger partial charge in [-0.1, -0.05) is 78.0 Å². The van der Waals surface area contributed by atoms with Crippen LogP contribution < -0.4 is 20.7 Å². The monoisotopic (exact) mass is 624 g/mol. The molecule has 12 heteroatoms. The molecule has 0 saturated carbocycles. The molecule has 3 unspecified atom stereocenters. The molecule has 4 aromatic rings. The van der Waals surface area contributed by atoms with Gasteiger partial charge in [0.25, 0.3) is 0 Å². The lowest BCUT2D eigenvalue weighted by Gasteiger charge is -2.24. The van der Waals surface area contributed by atoms with Gasteiger partial charge >= 0.3 is 6.09 Å². The van der Waals surface area contributed by atoms with Gasteiger partial charge < -0.3 is 30.2 Å². The molecular weight excluding hydrogens is 588 g/mol. The highest BCUT2D eigenvalue weighted by molar-refractivity contribution is 5.92. The van der Waals surface area contributed by atoms with Gasteiger partial charge in [0.15, 0.2) is 0 Å². The molecule has 0 spiro atoms. The van der Waals surface area contributed by atoms with Crippen molar-refractivity contribution in [2.45, 2.75) is 63.6 Å². The molecule has 3 atom stereocenters. The Morgan fingerprint density at radius 3 is 2.39 bits per heavy atom. The van der Waals surface area contributed by atoms with E-state index in [0.717, 1.165) is 16.7 Å². The molecule has 1 aromatic heterocycles. The van der Waals surface area contributed by atoms with Crippen LogP contribution in [-0.2, 0) is 51.7 Å². The van der Waals surface area contributed by atoms with Crippen molar-refractivity contribution in [2.75, 3.05) is 0 Å². The normalized spacial score (nSPS) is 19.2. The minimum absolute atomic E-state index is 0.0272. The lowest BCUT2D eigenvalue weighted by molar-refractivity contribution is -0.131. The number of amides is 3. The van der Waals surface area contributed by atoms with E-state index < -0.39 is 36.0 Å². The number of carbonyl (C=O) groups excluding carboxylic acids is 4. The number of aryl methyl sites for hydroxylation is 1. The number of ether oxygens (including phenoxy) is 2. The molecule has 3 aromatic carbocycles. The highest BCUT2D eigenvalue weighted by Gasteiger charge is 2.29. The number of nitrogens with zero attached hydrogens (tertiary/aromatic N) is 3. The number of hydrogen-bond acceptors (Lipinski definition) is 8. The summed E-state index contributed by atoms with van der Waals surface area (Å²) in [4.78, 5) is 52.2. The van der Waals surface area contributed by atoms with E-state index in [1.54, 1.807) is 23.0 Å². The molecule has 2 aliphatic heterocycles. The Kier molecular flexibility index (Phi) is 11.1. The molecule has 0 radical (unpaired) electrons. The second-order valence-electron chi connectivity index (χ2n) is 11.0. The van der Waals surface area contributed by atoms with E-state index in [1.807, 2.05) is 72.8 Å². The lowest BCUT2D eigenvalue weighted by Crippen LogP contribution is -2.56. The smallest absolute Gasteiger partial charge is 0.408 e. The first-order chi connectivity index (χ1) is 22.4. The Hall–Kier alpha value is -5.52. The van der Waals surface area contributed by atoms with Gasteiger partial charge in [0.2, 0.25) is 11.8 Å². The highest BCUT2D eigenvalue weighted by atomic mass is 16.5. The molecular formula is C34H36N6O6. The maximum Gasteiger partial charge on any atom is 0.408 e. The van der Waals surface area contributed by atoms with Crippen LogP contribution in [0.3, 0.4) is 0 Å². The third-order valence-corrected chi connectivity index (χ3v) is 7.46. The number of aldehydes is 1. The molecule has 12 nitrogen and oxygen atoms in total. The van der Waals surface area contributed by atoms with Gasteiger partial charge in [-0.2, -0.15) is 0 Å². The fourth-order valence-corrected chi connectivity index (χ4v) is 5.03. The number of alkyl carbamates (subject to hydrolysis) is 1. The number of aromatic nitrogens is 3. The third-order valence-electron chi connectivity index (χ3n) is 7.46. The van der Waals surface area contributed by atoms with E-state index in [1.165, 1.54) is 0 Å². The molecule has 46 heavy (non-hydrogen) atoms. The Morgan fingerprint density at radius 2 is 1.67 bits per heavy atom. The lowest BCUT2D eigenvalue weighted by atomic mass is 10.0. The molecule has 3 N–H and O–H groups in total. The Morgan fingerprint density at radius 1 is 0.957 bits per heavy atom. The molecule has 2 aliphatic rings. The van der Waals surface area contributed by atoms with Crippen LogP contribution in [0.4, 0.5) is 4.79 Å². The number of benzene rings is 3. The molecule has 3 heterocycles. The second-order valence-corrected chi connectivity index (χ2v) is 11.0. The largest absolute Gasteiger partial charge is 0.487 e. The van der Waals surface area contributed by atoms with Gasteiger partial charge in [0, 0.05) is 13.0 Å². The maximum atomic E-state index is 13.7. The molecule has 238 valence electrons. The fraction of sp³-hybridized carbons (Fsp3) is 0.294. The van der Waals surface area contributed by atoms with E-state index >= 15 is 0 Å². The summed E-state index contributed by atoms with van der Waals surface area (Å²) >= 11 is 0. The first-order valence-electron chi connectivity index (χ1n) is 15.1. The van der Waals surface area contributed by atoms with Crippen LogP contribution in [0.2, 0.25) is 0 Å². The fourth-order valence-electron chi connectivity index (χ4n) is 5.03. The van der Waals surface area contributed by atoms with Crippen molar-refractivity contribution in [3.8, 4) is 5.75 Å². The average Bonchev–Trinajstić information content (AvgIpc) is 3.54. The van der Waals surface area contributed by atoms with Crippen LogP contribution in [0.25, 0.3) is 0 Å². The van der Waals surface area contributed by atoms with E-state index in [2.05, 4.69) is 26.3 Å². The van der Waals surface area contributed by atoms with Crippen molar-refractivity contribution in [3.05, 3.63) is 114 Å². The van der Waals surface area contributed by atoms with Crippen LogP contribution in [0.15, 0.2) is 91.1 Å². The second kappa shape index (κ2) is 16.0. The van der Waals surface area contributed by atoms with Gasteiger partial charge in [0.05, 0.1) is 12.2 Å². The van der Waals surface area contributed by atoms with Crippen LogP contribution >= 0.6 is 0 Å². The first kappa shape index (κ1) is 31.9. The quantitative estimate of drug-likeness (QED) is 0.277. The van der Waals surface area contributed by atoms with E-state index in [4.69, 9.17) is 9.47 Å². The summed E-state index contributed by atoms with van der Waals surface area (Å²) in [5.74, 6) is -0.463. The summed E-state index contributed by atoms with van der Waals surface area (Å²) in [6.07, 6.45) is 2.75. The zero-order chi connectivity index (χ0) is 32.1. The SMILES string of the molecule is O=CC1Cc2ccc(cc2)OCc2cn(nn2)CCCC(NC(=O)OCc2ccccc2)C(=O)NC(Cc2ccccc2)C(=O)N1. The summed E-state index contributed by atoms with van der Waals surface area (Å²) in [5, 5.41) is 16.6. The van der Waals surface area contributed by atoms with Gasteiger partial charge in [-0.3, -0.25) is 14.3 Å². The topological polar surface area (TPSA) is 154 Å². The van der Waals surface area contributed by atoms with E-state index in [9.17, 15) is 19.2 Å². The number of nitrogens with one attached hydrogen (secondary N) is 3. The van der Waals surface area contributed by atoms with Gasteiger partial charge in [0.1, 0.15) is 43.0 Å². The predicted molar refractivity (Wildman–Crippen MR) is 167 cm³/mol. The molecule has 0 saturated heterocycles. The predicted octanol–water partition coefficient (Wildman–Crippen LogP) is 2.90. The molecule has 3 amide bonds. The zero-order valence-corrected chi connectivity index (χ0v) is 25.2. The third kappa shape index (κ3) is 9.49. The Bertz CT molecular complexity index is 1600. The number of fused-ring (bicyclic) bond motifs is 13. The van der Waals surface area contributed by atoms with Crippen molar-refractivity contribution in [3.63, 3.8) is 0 Å². The van der Waals surface area contributed by atoms with Crippen molar-refractivity contribution in [1.29, 1.82) is 0 Å². The van der Waals surface area contributed by atoms with Crippen LogP contribution in [0.1, 0.15) is 35.2 Å². The summed E-state index contributed by atoms with van der Waals surface area (Å²) < 4.78 is 12.9. The average molecular weight is 625 g/mol. The van der Waals surface area contributed by atoms with Gasteiger partial charge in [-0.15, -0.1) is 5.10 Å². The van der Waals surface area contributed by atoms with Gasteiger partial charge in [-0.25, -0.2) is 4.79 Å². The standard InChI is InChI=1S/C34H36N6O6/c41-21-27-18-25-13-15-29(16-14-25)45-23-28-20-40(39-38-28)17-7-12-30(37-34(44)46-22-26-10-5-2-6-11-26)32(42)36-31(33(43)35-27)19-24-8-3-1-4-9-24/h1-6,8-11,13-16,20-21,27,30-31H,7,12,17-19,22-23H2,(H,35,43)(H,36,42)(H,37,44). The van der Waals surface area contributed by atoms with Crippen molar-refractivity contribution in [2.24, 2.45) is 0 Å². The van der Waals surface area contributed by atoms with E-state index in [0.29, 0.717) is 30.7 Å². The van der Waals surface area contributed by atoms with Crippen molar-refractivity contribution < 1.29 is 28.7 Å². The minimum Gasteiger partial charge on any atom is -0.487 e. The number of carbonyl (C=O) groups is 4. The zero-order valence-electron chi connectivity index (χ0n) is 25.2. The van der Waals surface area contributed by atoms with Crippen molar-refractivity contribution >= 4 is 24.2 Å². The number of hydrogen-bond donors (Lipinski definition) is 3. The highest BCUT2D eigenvalue weighted by Crippen LogP contribution is 2.16. The Labute approximate surface area is 266 Å². The summed E-state index contributed by atoms with van der Waals surface area (Å²) in [7, 11) is 0. The molecule has 0 aliphatic carbocycles. The van der Waals surface area contributed by atoms with E-state index in [-0.39, 0.29) is 32.5 Å². The van der Waals surface area contributed by atoms with Gasteiger partial charge in [-0.05, 0) is 48.1 Å². The number of rotatable bonds is 6. The summed E-state index contributed by atoms with van der Waals surface area (Å²) in [6.45, 7) is 0.648. The van der Waals surface area contributed by atoms with Crippen LogP contribution in [-0.4, -0.2) is 57.3 Å². The maximum absolute atomic E-state index is 13.7. The molecule has 0 fully saturated rings. The van der Waals surface area contributed by atoms with Crippen LogP contribution in [0, 0.1) is 0 Å². The first-order valence-corrected chi connectivity index (χ1v) is 15.1. The molecule has 6 rings (SSSR count). The Balaban J connectivity index is 1.37. The summed E-state index contributed by atoms with van der Waals surface area (Å²) in [5.41, 5.74) is 3.05. The molecule has 4 bridgehead atoms. The van der Waals surface area contributed by atoms with Crippen molar-refractivity contribution in [1.82, 2.24) is 30.9 Å².